The van der Waals surface area contributed by atoms with Gasteiger partial charge in [-0.25, -0.2) is 0 Å². The molecule has 0 bridgehead atoms. The molecule has 0 aromatic heterocycles. The number of ether oxygens (including phenoxy) is 1. The van der Waals surface area contributed by atoms with Crippen LogP contribution in [0.25, 0.3) is 0 Å². The smallest absolute Gasteiger partial charge is 0.271 e. The van der Waals surface area contributed by atoms with Gasteiger partial charge in [0.25, 0.3) is 5.69 Å². The lowest BCUT2D eigenvalue weighted by atomic mass is 10.3. The number of benzene rings is 1. The third-order valence-corrected chi connectivity index (χ3v) is 1.80. The first kappa shape index (κ1) is 14.2. The van der Waals surface area contributed by atoms with Crippen molar-refractivity contribution < 1.29 is 9.66 Å². The summed E-state index contributed by atoms with van der Waals surface area (Å²) in [6, 6.07) is 4.03. The van der Waals surface area contributed by atoms with Crippen molar-refractivity contribution >= 4 is 34.3 Å². The zero-order valence-electron chi connectivity index (χ0n) is 7.68. The van der Waals surface area contributed by atoms with Gasteiger partial charge in [0.15, 0.2) is 0 Å². The highest BCUT2D eigenvalue weighted by Crippen LogP contribution is 2.28. The maximum absolute atomic E-state index is 10.4. The second kappa shape index (κ2) is 6.60. The van der Waals surface area contributed by atoms with Crippen LogP contribution in [0.5, 0.6) is 5.75 Å². The number of halogens is 2. The maximum atomic E-state index is 10.4. The Bertz CT molecular complexity index is 349. The number of hydrogen-bond donors (Lipinski definition) is 1. The van der Waals surface area contributed by atoms with Crippen molar-refractivity contribution in [2.75, 3.05) is 13.2 Å². The van der Waals surface area contributed by atoms with Gasteiger partial charge in [0, 0.05) is 18.7 Å². The van der Waals surface area contributed by atoms with Crippen molar-refractivity contribution in [3.05, 3.63) is 33.3 Å². The van der Waals surface area contributed by atoms with Crippen LogP contribution < -0.4 is 10.5 Å². The summed E-state index contributed by atoms with van der Waals surface area (Å²) in [6.45, 7) is 0.699. The summed E-state index contributed by atoms with van der Waals surface area (Å²) in [4.78, 5) is 9.85. The molecule has 0 radical (unpaired) electrons. The highest BCUT2D eigenvalue weighted by Gasteiger charge is 2.09. The summed E-state index contributed by atoms with van der Waals surface area (Å²) in [5.41, 5.74) is 5.17. The predicted octanol–water partition coefficient (Wildman–Crippen LogP) is 2.16. The van der Waals surface area contributed by atoms with Gasteiger partial charge in [-0.3, -0.25) is 10.1 Å². The largest absolute Gasteiger partial charge is 0.491 e. The van der Waals surface area contributed by atoms with E-state index in [-0.39, 0.29) is 27.7 Å². The van der Waals surface area contributed by atoms with E-state index in [4.69, 9.17) is 22.1 Å². The van der Waals surface area contributed by atoms with E-state index in [0.717, 1.165) is 0 Å². The van der Waals surface area contributed by atoms with Crippen molar-refractivity contribution in [1.82, 2.24) is 0 Å². The van der Waals surface area contributed by atoms with Crippen LogP contribution in [0.15, 0.2) is 18.2 Å². The van der Waals surface area contributed by atoms with Gasteiger partial charge in [0.2, 0.25) is 0 Å². The molecule has 0 spiro atoms. The molecule has 5 nitrogen and oxygen atoms in total. The van der Waals surface area contributed by atoms with E-state index in [0.29, 0.717) is 18.9 Å². The van der Waals surface area contributed by atoms with Crippen molar-refractivity contribution in [2.45, 2.75) is 0 Å². The Balaban J connectivity index is 0.00000196. The van der Waals surface area contributed by atoms with E-state index >= 15 is 0 Å². The van der Waals surface area contributed by atoms with Gasteiger partial charge < -0.3 is 10.5 Å². The quantitative estimate of drug-likeness (QED) is 0.682. The van der Waals surface area contributed by atoms with Gasteiger partial charge in [0.1, 0.15) is 12.4 Å². The van der Waals surface area contributed by atoms with Gasteiger partial charge in [-0.2, -0.15) is 0 Å². The van der Waals surface area contributed by atoms with Crippen molar-refractivity contribution in [3.63, 3.8) is 0 Å². The molecule has 0 amide bonds. The molecular formula is C8H10BrClN2O3. The molecule has 0 heterocycles. The number of non-ortho nitro benzene ring substituents is 1. The molecule has 0 fully saturated rings. The van der Waals surface area contributed by atoms with Crippen LogP contribution in [0.1, 0.15) is 0 Å². The number of nitro groups is 1. The molecule has 0 aliphatic heterocycles. The fraction of sp³-hybridized carbons (Fsp3) is 0.250. The second-order valence-corrected chi connectivity index (χ2v) is 2.92. The Kier molecular flexibility index (Phi) is 6.23. The van der Waals surface area contributed by atoms with Crippen LogP contribution in [0.3, 0.4) is 0 Å². The number of rotatable bonds is 4. The minimum Gasteiger partial charge on any atom is -0.491 e. The van der Waals surface area contributed by atoms with Crippen LogP contribution in [0.2, 0.25) is 5.02 Å². The van der Waals surface area contributed by atoms with E-state index in [1.165, 1.54) is 18.2 Å². The third kappa shape index (κ3) is 4.03. The molecule has 2 N–H and O–H groups in total. The Morgan fingerprint density at radius 2 is 2.20 bits per heavy atom. The molecule has 0 unspecified atom stereocenters. The second-order valence-electron chi connectivity index (χ2n) is 2.51. The summed E-state index contributed by atoms with van der Waals surface area (Å²) in [5.74, 6) is 0.405. The lowest BCUT2D eigenvalue weighted by Gasteiger charge is -2.05. The third-order valence-electron chi connectivity index (χ3n) is 1.50. The predicted molar refractivity (Wildman–Crippen MR) is 63.0 cm³/mol. The molecule has 0 aliphatic rings. The van der Waals surface area contributed by atoms with E-state index < -0.39 is 4.92 Å². The highest BCUT2D eigenvalue weighted by molar-refractivity contribution is 8.93. The Morgan fingerprint density at radius 1 is 1.53 bits per heavy atom. The maximum Gasteiger partial charge on any atom is 0.271 e. The summed E-state index contributed by atoms with van der Waals surface area (Å²) in [7, 11) is 0. The fourth-order valence-corrected chi connectivity index (χ4v) is 1.12. The normalized spacial score (nSPS) is 9.20. The topological polar surface area (TPSA) is 78.4 Å². The van der Waals surface area contributed by atoms with Gasteiger partial charge in [-0.05, 0) is 6.07 Å². The van der Waals surface area contributed by atoms with E-state index in [9.17, 15) is 10.1 Å². The standard InChI is InChI=1S/C8H9ClN2O3.BrH/c9-7-5-6(11(12)13)1-2-8(7)14-4-3-10;/h1-2,5H,3-4,10H2;1H. The van der Waals surface area contributed by atoms with E-state index in [1.807, 2.05) is 0 Å². The van der Waals surface area contributed by atoms with Crippen LogP contribution in [0.4, 0.5) is 5.69 Å². The Labute approximate surface area is 102 Å². The number of nitrogens with two attached hydrogens (primary N) is 1. The van der Waals surface area contributed by atoms with Gasteiger partial charge >= 0.3 is 0 Å². The summed E-state index contributed by atoms with van der Waals surface area (Å²) < 4.78 is 5.14. The summed E-state index contributed by atoms with van der Waals surface area (Å²) in [6.07, 6.45) is 0. The molecule has 15 heavy (non-hydrogen) atoms. The zero-order valence-corrected chi connectivity index (χ0v) is 10.2. The molecule has 0 aliphatic carbocycles. The van der Waals surface area contributed by atoms with Crippen LogP contribution in [-0.4, -0.2) is 18.1 Å². The molecule has 0 saturated carbocycles. The average molecular weight is 298 g/mol. The zero-order chi connectivity index (χ0) is 10.6. The van der Waals surface area contributed by atoms with Gasteiger partial charge in [-0.1, -0.05) is 11.6 Å². The monoisotopic (exact) mass is 296 g/mol. The lowest BCUT2D eigenvalue weighted by Crippen LogP contribution is -2.10. The Morgan fingerprint density at radius 3 is 2.67 bits per heavy atom. The molecular weight excluding hydrogens is 287 g/mol. The number of nitro benzene ring substituents is 1. The molecule has 0 atom stereocenters. The van der Waals surface area contributed by atoms with Gasteiger partial charge in [0.05, 0.1) is 9.95 Å². The number of hydrogen-bond acceptors (Lipinski definition) is 4. The van der Waals surface area contributed by atoms with Gasteiger partial charge in [-0.15, -0.1) is 17.0 Å². The fourth-order valence-electron chi connectivity index (χ4n) is 0.889. The molecule has 1 rings (SSSR count). The molecule has 0 saturated heterocycles. The lowest BCUT2D eigenvalue weighted by molar-refractivity contribution is -0.384. The first-order chi connectivity index (χ1) is 6.65. The number of nitrogens with zero attached hydrogens (tertiary/aromatic N) is 1. The highest BCUT2D eigenvalue weighted by atomic mass is 79.9. The van der Waals surface area contributed by atoms with Crippen molar-refractivity contribution in [3.8, 4) is 5.75 Å². The van der Waals surface area contributed by atoms with E-state index in [2.05, 4.69) is 0 Å². The van der Waals surface area contributed by atoms with Crippen LogP contribution >= 0.6 is 28.6 Å². The minimum absolute atomic E-state index is 0. The van der Waals surface area contributed by atoms with Crippen molar-refractivity contribution in [2.24, 2.45) is 5.73 Å². The molecule has 1 aromatic carbocycles. The SMILES string of the molecule is Br.NCCOc1ccc([N+](=O)[O-])cc1Cl. The first-order valence-electron chi connectivity index (χ1n) is 3.92. The summed E-state index contributed by atoms with van der Waals surface area (Å²) >= 11 is 5.74. The van der Waals surface area contributed by atoms with Crippen LogP contribution in [0, 0.1) is 10.1 Å². The Hall–Kier alpha value is -0.850. The van der Waals surface area contributed by atoms with Crippen LogP contribution in [-0.2, 0) is 0 Å². The minimum atomic E-state index is -0.515. The average Bonchev–Trinajstić information content (AvgIpc) is 2.15. The van der Waals surface area contributed by atoms with E-state index in [1.54, 1.807) is 0 Å². The molecule has 84 valence electrons. The summed E-state index contributed by atoms with van der Waals surface area (Å²) in [5, 5.41) is 10.6. The van der Waals surface area contributed by atoms with Crippen molar-refractivity contribution in [1.29, 1.82) is 0 Å². The molecule has 7 heteroatoms. The molecule has 1 aromatic rings. The first-order valence-corrected chi connectivity index (χ1v) is 4.29.